The van der Waals surface area contributed by atoms with E-state index in [0.717, 1.165) is 11.1 Å². The van der Waals surface area contributed by atoms with Crippen LogP contribution in [0.4, 0.5) is 5.95 Å². The van der Waals surface area contributed by atoms with E-state index >= 15 is 4.57 Å². The molecule has 1 aliphatic rings. The van der Waals surface area contributed by atoms with E-state index in [-0.39, 0.29) is 50.2 Å². The molecule has 0 spiro atoms. The van der Waals surface area contributed by atoms with Crippen molar-refractivity contribution in [2.45, 2.75) is 70.2 Å². The number of ether oxygens (including phenoxy) is 4. The second-order valence-corrected chi connectivity index (χ2v) is 14.7. The lowest BCUT2D eigenvalue weighted by atomic mass is 10.1. The predicted molar refractivity (Wildman–Crippen MR) is 191 cm³/mol. The summed E-state index contributed by atoms with van der Waals surface area (Å²) in [7, 11) is -3.95. The first-order valence-corrected chi connectivity index (χ1v) is 19.0. The lowest BCUT2D eigenvalue weighted by Gasteiger charge is -2.33. The maximum Gasteiger partial charge on any atom is 0.323 e. The number of imidazole rings is 1. The maximum absolute atomic E-state index is 15.1. The zero-order chi connectivity index (χ0) is 36.2. The van der Waals surface area contributed by atoms with Gasteiger partial charge in [0, 0.05) is 0 Å². The normalized spacial score (nSPS) is 17.5. The van der Waals surface area contributed by atoms with E-state index in [1.165, 1.54) is 6.33 Å². The van der Waals surface area contributed by atoms with Gasteiger partial charge in [0.2, 0.25) is 13.4 Å². The van der Waals surface area contributed by atoms with Crippen LogP contribution in [0.3, 0.4) is 0 Å². The Balaban J connectivity index is 1.41. The smallest absolute Gasteiger partial charge is 0.323 e. The van der Waals surface area contributed by atoms with Crippen molar-refractivity contribution in [3.05, 3.63) is 88.5 Å². The van der Waals surface area contributed by atoms with Crippen LogP contribution in [-0.2, 0) is 45.9 Å². The van der Waals surface area contributed by atoms with Gasteiger partial charge in [-0.15, -0.1) is 0 Å². The van der Waals surface area contributed by atoms with E-state index in [1.807, 2.05) is 74.5 Å². The van der Waals surface area contributed by atoms with E-state index in [4.69, 9.17) is 24.7 Å². The number of nitrogen functional groups attached to an aromatic ring is 1. The molecule has 3 heterocycles. The molecule has 1 unspecified atom stereocenters. The van der Waals surface area contributed by atoms with Gasteiger partial charge in [-0.05, 0) is 43.2 Å². The topological polar surface area (TPSA) is 202 Å². The van der Waals surface area contributed by atoms with Crippen LogP contribution in [0, 0.1) is 0 Å². The molecule has 16 heteroatoms. The quantitative estimate of drug-likeness (QED) is 0.0859. The average Bonchev–Trinajstić information content (AvgIpc) is 3.57. The summed E-state index contributed by atoms with van der Waals surface area (Å²) in [5.41, 5.74) is 7.44. The monoisotopic (exact) mass is 723 g/mol. The van der Waals surface area contributed by atoms with Gasteiger partial charge in [0.05, 0.1) is 44.9 Å². The summed E-state index contributed by atoms with van der Waals surface area (Å²) in [5.74, 6) is -1.20. The number of hydrogen-bond donors (Lipinski definition) is 4. The first kappa shape index (κ1) is 37.8. The summed E-state index contributed by atoms with van der Waals surface area (Å²) in [6.45, 7) is 4.64. The highest BCUT2D eigenvalue weighted by Gasteiger charge is 2.37. The first-order chi connectivity index (χ1) is 24.7. The average molecular weight is 724 g/mol. The summed E-state index contributed by atoms with van der Waals surface area (Å²) in [6.07, 6.45) is 2.51. The molecule has 4 atom stereocenters. The summed E-state index contributed by atoms with van der Waals surface area (Å²) in [6, 6.07) is 16.2. The Labute approximate surface area is 296 Å². The van der Waals surface area contributed by atoms with Gasteiger partial charge in [-0.1, -0.05) is 74.5 Å². The molecule has 274 valence electrons. The number of nitrogens with zero attached hydrogens (tertiary/aromatic N) is 3. The Morgan fingerprint density at radius 2 is 1.53 bits per heavy atom. The number of carbonyl (C=O) groups excluding carboxylic acids is 2. The molecule has 5 N–H and O–H groups in total. The second kappa shape index (κ2) is 18.2. The summed E-state index contributed by atoms with van der Waals surface area (Å²) >= 11 is 0. The minimum atomic E-state index is -3.95. The third kappa shape index (κ3) is 10.6. The minimum absolute atomic E-state index is 0.0399. The molecule has 0 saturated carbocycles. The number of aromatic amines is 1. The Bertz CT molecular complexity index is 1770. The van der Waals surface area contributed by atoms with Crippen molar-refractivity contribution in [2.75, 3.05) is 38.5 Å². The summed E-state index contributed by atoms with van der Waals surface area (Å²) in [4.78, 5) is 50.2. The zero-order valence-corrected chi connectivity index (χ0v) is 29.8. The summed E-state index contributed by atoms with van der Waals surface area (Å²) in [5, 5.41) is 6.10. The lowest BCUT2D eigenvalue weighted by molar-refractivity contribution is -0.146. The van der Waals surface area contributed by atoms with Crippen LogP contribution in [0.5, 0.6) is 0 Å². The summed E-state index contributed by atoms with van der Waals surface area (Å²) < 4.78 is 40.0. The fourth-order valence-corrected chi connectivity index (χ4v) is 7.84. The molecule has 0 bridgehead atoms. The van der Waals surface area contributed by atoms with Gasteiger partial charge >= 0.3 is 11.9 Å². The standard InChI is InChI=1S/C35H46N7O8P/c1-3-15-48-33(44)28(17-24-11-7-5-8-12-24)40-51(46,41-29(34(45)49-16-4-2)18-25-13-9-6-10-14-25)23-50-27-19-26(20-47-21-27)42-22-37-30-31(42)38-35(36)39-32(30)43/h5-14,22,26-29H,3-4,15-21,23H2,1-2H3,(H2,40,41,46)(H3,36,38,39,43)/t26?,27-,28+,29+/m1/s1. The molecule has 5 rings (SSSR count). The molecule has 1 aliphatic heterocycles. The van der Waals surface area contributed by atoms with Crippen molar-refractivity contribution in [1.29, 1.82) is 0 Å². The molecule has 15 nitrogen and oxygen atoms in total. The fraction of sp³-hybridized carbons (Fsp3) is 0.457. The number of H-pyrrole nitrogens is 1. The number of benzene rings is 2. The molecule has 1 saturated heterocycles. The van der Waals surface area contributed by atoms with Crippen LogP contribution >= 0.6 is 7.44 Å². The van der Waals surface area contributed by atoms with E-state index < -0.39 is 49.5 Å². The Morgan fingerprint density at radius 1 is 0.961 bits per heavy atom. The van der Waals surface area contributed by atoms with Crippen molar-refractivity contribution < 1.29 is 33.1 Å². The highest BCUT2D eigenvalue weighted by molar-refractivity contribution is 7.59. The van der Waals surface area contributed by atoms with Crippen molar-refractivity contribution in [1.82, 2.24) is 29.7 Å². The van der Waals surface area contributed by atoms with Crippen LogP contribution in [0.2, 0.25) is 0 Å². The van der Waals surface area contributed by atoms with Crippen LogP contribution in [0.15, 0.2) is 71.8 Å². The fourth-order valence-electron chi connectivity index (χ4n) is 5.79. The number of fused-ring (bicyclic) bond motifs is 1. The van der Waals surface area contributed by atoms with Gasteiger partial charge in [-0.25, -0.2) is 15.2 Å². The van der Waals surface area contributed by atoms with E-state index in [1.54, 1.807) is 4.57 Å². The number of rotatable bonds is 18. The Morgan fingerprint density at radius 3 is 2.08 bits per heavy atom. The molecule has 2 aromatic heterocycles. The molecular weight excluding hydrogens is 677 g/mol. The van der Waals surface area contributed by atoms with Gasteiger partial charge in [-0.3, -0.25) is 23.9 Å². The first-order valence-electron chi connectivity index (χ1n) is 17.2. The lowest BCUT2D eigenvalue weighted by Crippen LogP contribution is -2.47. The van der Waals surface area contributed by atoms with Crippen molar-refractivity contribution >= 4 is 36.5 Å². The Hall–Kier alpha value is -4.40. The molecular formula is C35H46N7O8P. The van der Waals surface area contributed by atoms with E-state index in [0.29, 0.717) is 31.5 Å². The zero-order valence-electron chi connectivity index (χ0n) is 28.9. The molecule has 0 radical (unpaired) electrons. The van der Waals surface area contributed by atoms with Crippen molar-refractivity contribution in [3.8, 4) is 0 Å². The number of nitrogens with one attached hydrogen (secondary N) is 3. The largest absolute Gasteiger partial charge is 0.465 e. The third-order valence-corrected chi connectivity index (χ3v) is 10.2. The molecule has 4 aromatic rings. The number of esters is 2. The third-order valence-electron chi connectivity index (χ3n) is 8.25. The minimum Gasteiger partial charge on any atom is -0.465 e. The van der Waals surface area contributed by atoms with Crippen LogP contribution in [-0.4, -0.2) is 82.4 Å². The van der Waals surface area contributed by atoms with Gasteiger partial charge in [-0.2, -0.15) is 4.98 Å². The number of carbonyl (C=O) groups is 2. The van der Waals surface area contributed by atoms with Crippen molar-refractivity contribution in [3.63, 3.8) is 0 Å². The van der Waals surface area contributed by atoms with Crippen LogP contribution in [0.1, 0.15) is 50.3 Å². The molecule has 0 amide bonds. The number of nitrogens with two attached hydrogens (primary N) is 1. The number of anilines is 1. The second-order valence-electron chi connectivity index (χ2n) is 12.4. The van der Waals surface area contributed by atoms with Gasteiger partial charge < -0.3 is 29.2 Å². The highest BCUT2D eigenvalue weighted by Crippen LogP contribution is 2.40. The highest BCUT2D eigenvalue weighted by atomic mass is 31.2. The molecule has 0 aliphatic carbocycles. The van der Waals surface area contributed by atoms with Gasteiger partial charge in [0.25, 0.3) is 5.56 Å². The van der Waals surface area contributed by atoms with E-state index in [2.05, 4.69) is 25.1 Å². The van der Waals surface area contributed by atoms with Crippen molar-refractivity contribution in [2.24, 2.45) is 0 Å². The Kier molecular flexibility index (Phi) is 13.5. The predicted octanol–water partition coefficient (Wildman–Crippen LogP) is 3.51. The van der Waals surface area contributed by atoms with Gasteiger partial charge in [0.15, 0.2) is 11.2 Å². The molecule has 51 heavy (non-hydrogen) atoms. The van der Waals surface area contributed by atoms with Crippen LogP contribution < -0.4 is 21.5 Å². The van der Waals surface area contributed by atoms with Gasteiger partial charge in [0.1, 0.15) is 18.4 Å². The molecule has 2 aromatic carbocycles. The van der Waals surface area contributed by atoms with Crippen LogP contribution in [0.25, 0.3) is 11.2 Å². The van der Waals surface area contributed by atoms with E-state index in [9.17, 15) is 14.4 Å². The number of aromatic nitrogens is 4. The maximum atomic E-state index is 15.1. The molecule has 1 fully saturated rings. The number of hydrogen-bond acceptors (Lipinski definition) is 11. The SMILES string of the molecule is CCCOC(=O)[C@H](Cc1ccccc1)NP(=O)(CO[C@H]1COCC(n2cnc3c(=O)[nH]c(N)nc32)C1)N[C@@H](Cc1ccccc1)C(=O)OCCC.